The minimum atomic E-state index is -0.957. The summed E-state index contributed by atoms with van der Waals surface area (Å²) in [5, 5.41) is 5.27. The molecular weight excluding hydrogens is 586 g/mol. The molecule has 0 spiro atoms. The van der Waals surface area contributed by atoms with Crippen molar-refractivity contribution >= 4 is 29.7 Å². The van der Waals surface area contributed by atoms with Crippen molar-refractivity contribution in [3.63, 3.8) is 0 Å². The predicted octanol–water partition coefficient (Wildman–Crippen LogP) is 4.53. The lowest BCUT2D eigenvalue weighted by Crippen LogP contribution is -2.57. The van der Waals surface area contributed by atoms with Crippen LogP contribution < -0.4 is 10.6 Å². The number of alkyl carbamates (subject to hydrolysis) is 1. The number of hydrogen-bond acceptors (Lipinski definition) is 7. The number of Topliss-reactive ketones (excluding diaryl/α,β-unsaturated/α-hetero) is 1. The third kappa shape index (κ3) is 6.80. The van der Waals surface area contributed by atoms with Gasteiger partial charge in [-0.2, -0.15) is 0 Å². The molecule has 3 aromatic carbocycles. The summed E-state index contributed by atoms with van der Waals surface area (Å²) in [5.74, 6) is -2.69. The number of nitrogens with one attached hydrogen (secondary N) is 2. The molecule has 0 unspecified atom stereocenters. The lowest BCUT2D eigenvalue weighted by atomic mass is 9.98. The van der Waals surface area contributed by atoms with Crippen molar-refractivity contribution < 1.29 is 33.4 Å². The summed E-state index contributed by atoms with van der Waals surface area (Å²) in [6, 6.07) is 22.1. The van der Waals surface area contributed by atoms with E-state index in [1.165, 1.54) is 4.90 Å². The molecule has 3 amide bonds. The first-order valence-corrected chi connectivity index (χ1v) is 15.5. The van der Waals surface area contributed by atoms with Crippen molar-refractivity contribution in [2.24, 2.45) is 5.92 Å². The number of ether oxygens (including phenoxy) is 2. The van der Waals surface area contributed by atoms with Crippen molar-refractivity contribution in [1.82, 2.24) is 15.5 Å². The first kappa shape index (κ1) is 32.4. The van der Waals surface area contributed by atoms with Gasteiger partial charge in [0.2, 0.25) is 11.8 Å². The molecular formula is C36H39N3O7. The number of hydrogen-bond donors (Lipinski definition) is 2. The Hall–Kier alpha value is -4.99. The molecule has 2 aliphatic rings. The van der Waals surface area contributed by atoms with Gasteiger partial charge in [-0.3, -0.25) is 14.4 Å². The van der Waals surface area contributed by atoms with Crippen LogP contribution in [0, 0.1) is 5.92 Å². The highest BCUT2D eigenvalue weighted by molar-refractivity contribution is 5.94. The van der Waals surface area contributed by atoms with E-state index in [-0.39, 0.29) is 31.3 Å². The minimum Gasteiger partial charge on any atom is -0.462 e. The molecule has 2 N–H and O–H groups in total. The molecule has 1 aliphatic carbocycles. The molecule has 46 heavy (non-hydrogen) atoms. The Morgan fingerprint density at radius 3 is 2.07 bits per heavy atom. The Labute approximate surface area is 268 Å². The van der Waals surface area contributed by atoms with E-state index >= 15 is 0 Å². The van der Waals surface area contributed by atoms with Crippen LogP contribution >= 0.6 is 0 Å². The average molecular weight is 626 g/mol. The monoisotopic (exact) mass is 625 g/mol. The number of benzene rings is 3. The second-order valence-electron chi connectivity index (χ2n) is 12.0. The van der Waals surface area contributed by atoms with Crippen molar-refractivity contribution in [1.29, 1.82) is 0 Å². The normalized spacial score (nSPS) is 19.1. The lowest BCUT2D eigenvalue weighted by Gasteiger charge is -2.40. The molecule has 0 bridgehead atoms. The van der Waals surface area contributed by atoms with Gasteiger partial charge in [-0.1, -0.05) is 85.8 Å². The average Bonchev–Trinajstić information content (AvgIpc) is 3.38. The Morgan fingerprint density at radius 1 is 0.848 bits per heavy atom. The first-order valence-electron chi connectivity index (χ1n) is 15.5. The molecule has 1 saturated heterocycles. The van der Waals surface area contributed by atoms with Crippen molar-refractivity contribution in [3.05, 3.63) is 95.6 Å². The van der Waals surface area contributed by atoms with Crippen LogP contribution in [0.4, 0.5) is 4.79 Å². The van der Waals surface area contributed by atoms with E-state index in [9.17, 15) is 24.0 Å². The number of carbonyl (C=O) groups excluding carboxylic acids is 5. The van der Waals surface area contributed by atoms with Crippen LogP contribution in [0.15, 0.2) is 78.9 Å². The number of ketones is 1. The fraction of sp³-hybridized carbons (Fsp3) is 0.361. The molecule has 10 heteroatoms. The van der Waals surface area contributed by atoms with E-state index < -0.39 is 54.0 Å². The SMILES string of the molecule is C[C@H](CC(=O)[C@H](C)NC(=O)OCC1c2ccccc2-c2ccccc21)C(=O)N[C@@H](C)C(=O)N1[C@@H](C)C(=O)OC[C@H]1c1ccccc1. The molecule has 1 aliphatic heterocycles. The van der Waals surface area contributed by atoms with E-state index in [1.807, 2.05) is 66.7 Å². The molecule has 1 heterocycles. The Morgan fingerprint density at radius 2 is 1.43 bits per heavy atom. The number of fused-ring (bicyclic) bond motifs is 3. The van der Waals surface area contributed by atoms with Crippen molar-refractivity contribution in [2.75, 3.05) is 13.2 Å². The maximum Gasteiger partial charge on any atom is 0.407 e. The van der Waals surface area contributed by atoms with Crippen LogP contribution in [0.1, 0.15) is 62.8 Å². The smallest absolute Gasteiger partial charge is 0.407 e. The van der Waals surface area contributed by atoms with Crippen LogP contribution in [-0.2, 0) is 28.7 Å². The molecule has 1 fully saturated rings. The van der Waals surface area contributed by atoms with Gasteiger partial charge in [0.15, 0.2) is 5.78 Å². The van der Waals surface area contributed by atoms with E-state index in [1.54, 1.807) is 27.7 Å². The zero-order valence-corrected chi connectivity index (χ0v) is 26.4. The molecule has 5 rings (SSSR count). The van der Waals surface area contributed by atoms with Crippen LogP contribution in [-0.4, -0.2) is 65.9 Å². The summed E-state index contributed by atoms with van der Waals surface area (Å²) in [7, 11) is 0. The van der Waals surface area contributed by atoms with E-state index in [0.29, 0.717) is 0 Å². The summed E-state index contributed by atoms with van der Waals surface area (Å²) in [6.45, 7) is 6.39. The molecule has 10 nitrogen and oxygen atoms in total. The molecule has 0 saturated carbocycles. The number of carbonyl (C=O) groups is 5. The Bertz CT molecular complexity index is 1580. The van der Waals surface area contributed by atoms with Crippen LogP contribution in [0.25, 0.3) is 11.1 Å². The standard InChI is InChI=1S/C36H39N3O7/c1-21(33(41)37-23(3)34(42)39-24(4)35(43)45-20-31(39)25-12-6-5-7-13-25)18-32(40)22(2)38-36(44)46-19-30-28-16-10-8-14-26(28)27-15-9-11-17-29(27)30/h5-17,21-24,30-31H,18-20H2,1-4H3,(H,37,41)(H,38,44)/t21-,22+,23+,24+,31+/m1/s1. The zero-order chi connectivity index (χ0) is 33.0. The van der Waals surface area contributed by atoms with Gasteiger partial charge in [0.25, 0.3) is 0 Å². The lowest BCUT2D eigenvalue weighted by molar-refractivity contribution is -0.169. The third-order valence-electron chi connectivity index (χ3n) is 8.76. The minimum absolute atomic E-state index is 0.0130. The maximum absolute atomic E-state index is 13.5. The zero-order valence-electron chi connectivity index (χ0n) is 26.4. The van der Waals surface area contributed by atoms with E-state index in [2.05, 4.69) is 22.8 Å². The second kappa shape index (κ2) is 14.0. The molecule has 0 radical (unpaired) electrons. The number of morpholine rings is 1. The quantitative estimate of drug-likeness (QED) is 0.317. The highest BCUT2D eigenvalue weighted by Gasteiger charge is 2.41. The van der Waals surface area contributed by atoms with Gasteiger partial charge >= 0.3 is 12.1 Å². The van der Waals surface area contributed by atoms with Crippen molar-refractivity contribution in [3.8, 4) is 11.1 Å². The number of nitrogens with zero attached hydrogens (tertiary/aromatic N) is 1. The maximum atomic E-state index is 13.5. The van der Waals surface area contributed by atoms with Gasteiger partial charge < -0.3 is 25.0 Å². The molecule has 240 valence electrons. The van der Waals surface area contributed by atoms with Crippen LogP contribution in [0.3, 0.4) is 0 Å². The summed E-state index contributed by atoms with van der Waals surface area (Å²) < 4.78 is 10.9. The number of amides is 3. The molecule has 3 aromatic rings. The number of esters is 1. The Kier molecular flexibility index (Phi) is 9.84. The van der Waals surface area contributed by atoms with Gasteiger partial charge in [0.1, 0.15) is 25.3 Å². The number of cyclic esters (lactones) is 1. The van der Waals surface area contributed by atoms with Gasteiger partial charge in [-0.25, -0.2) is 9.59 Å². The molecule has 5 atom stereocenters. The van der Waals surface area contributed by atoms with Gasteiger partial charge in [0, 0.05) is 18.3 Å². The first-order chi connectivity index (χ1) is 22.1. The van der Waals surface area contributed by atoms with Gasteiger partial charge in [-0.05, 0) is 48.6 Å². The highest BCUT2D eigenvalue weighted by Crippen LogP contribution is 2.44. The molecule has 0 aromatic heterocycles. The second-order valence-corrected chi connectivity index (χ2v) is 12.0. The number of rotatable bonds is 10. The van der Waals surface area contributed by atoms with Gasteiger partial charge in [0.05, 0.1) is 12.1 Å². The van der Waals surface area contributed by atoms with Crippen LogP contribution in [0.2, 0.25) is 0 Å². The summed E-state index contributed by atoms with van der Waals surface area (Å²) >= 11 is 0. The fourth-order valence-electron chi connectivity index (χ4n) is 6.13. The summed E-state index contributed by atoms with van der Waals surface area (Å²) in [5.41, 5.74) is 5.20. The van der Waals surface area contributed by atoms with Crippen LogP contribution in [0.5, 0.6) is 0 Å². The van der Waals surface area contributed by atoms with E-state index in [0.717, 1.165) is 27.8 Å². The highest BCUT2D eigenvalue weighted by atomic mass is 16.5. The largest absolute Gasteiger partial charge is 0.462 e. The topological polar surface area (TPSA) is 131 Å². The van der Waals surface area contributed by atoms with E-state index in [4.69, 9.17) is 9.47 Å². The third-order valence-corrected chi connectivity index (χ3v) is 8.76. The van der Waals surface area contributed by atoms with Crippen molar-refractivity contribution in [2.45, 2.75) is 64.2 Å². The summed E-state index contributed by atoms with van der Waals surface area (Å²) in [6.07, 6.45) is -0.877. The Balaban J connectivity index is 1.12. The predicted molar refractivity (Wildman–Crippen MR) is 171 cm³/mol. The fourth-order valence-corrected chi connectivity index (χ4v) is 6.13. The van der Waals surface area contributed by atoms with Gasteiger partial charge in [-0.15, -0.1) is 0 Å². The summed E-state index contributed by atoms with van der Waals surface area (Å²) in [4.78, 5) is 65.9.